The number of nitrogens with zero attached hydrogens (tertiary/aromatic N) is 1. The predicted octanol–water partition coefficient (Wildman–Crippen LogP) is 10.0. The van der Waals surface area contributed by atoms with Crippen LogP contribution in [-0.2, 0) is 22.6 Å². The Hall–Kier alpha value is -3.35. The Bertz CT molecular complexity index is 1700. The van der Waals surface area contributed by atoms with Crippen LogP contribution in [0.5, 0.6) is 11.5 Å². The second-order valence-corrected chi connectivity index (χ2v) is 15.9. The molecule has 0 radical (unpaired) electrons. The molecule has 6 rings (SSSR count). The van der Waals surface area contributed by atoms with Crippen LogP contribution in [-0.4, -0.2) is 29.6 Å². The van der Waals surface area contributed by atoms with Gasteiger partial charge in [-0.3, -0.25) is 9.59 Å². The molecule has 0 saturated heterocycles. The van der Waals surface area contributed by atoms with Gasteiger partial charge in [0.2, 0.25) is 0 Å². The van der Waals surface area contributed by atoms with Gasteiger partial charge in [-0.1, -0.05) is 97.7 Å². The number of ether oxygens (including phenoxy) is 2. The van der Waals surface area contributed by atoms with Crippen LogP contribution >= 0.6 is 27.5 Å². The average molecular weight is 717 g/mol. The monoisotopic (exact) mass is 715 g/mol. The zero-order valence-electron chi connectivity index (χ0n) is 27.9. The second kappa shape index (κ2) is 13.3. The molecule has 47 heavy (non-hydrogen) atoms. The summed E-state index contributed by atoms with van der Waals surface area (Å²) in [5.74, 6) is 0.642. The van der Waals surface area contributed by atoms with E-state index in [-0.39, 0.29) is 22.4 Å². The molecule has 0 saturated carbocycles. The maximum atomic E-state index is 14.3. The van der Waals surface area contributed by atoms with Crippen LogP contribution in [0.2, 0.25) is 5.02 Å². The van der Waals surface area contributed by atoms with E-state index in [2.05, 4.69) is 72.8 Å². The number of halogens is 2. The molecule has 7 heteroatoms. The van der Waals surface area contributed by atoms with Gasteiger partial charge in [0.1, 0.15) is 6.61 Å². The van der Waals surface area contributed by atoms with Crippen LogP contribution < -0.4 is 9.47 Å². The minimum absolute atomic E-state index is 0.0970. The van der Waals surface area contributed by atoms with E-state index in [9.17, 15) is 9.59 Å². The first-order valence-electron chi connectivity index (χ1n) is 16.5. The molecular formula is C40H43BrClNO4. The summed E-state index contributed by atoms with van der Waals surface area (Å²) in [6.45, 7) is 12.0. The smallest absolute Gasteiger partial charge is 0.180 e. The van der Waals surface area contributed by atoms with Crippen molar-refractivity contribution in [2.45, 2.75) is 79.2 Å². The van der Waals surface area contributed by atoms with Crippen molar-refractivity contribution in [2.75, 3.05) is 13.2 Å². The summed E-state index contributed by atoms with van der Waals surface area (Å²) in [7, 11) is 0. The maximum absolute atomic E-state index is 14.3. The molecular weight excluding hydrogens is 674 g/mol. The largest absolute Gasteiger partial charge is 0.490 e. The molecule has 5 nitrogen and oxygen atoms in total. The summed E-state index contributed by atoms with van der Waals surface area (Å²) in [6.07, 6.45) is 3.18. The van der Waals surface area contributed by atoms with Crippen molar-refractivity contribution >= 4 is 39.1 Å². The second-order valence-electron chi connectivity index (χ2n) is 14.6. The molecule has 3 aliphatic rings. The van der Waals surface area contributed by atoms with E-state index in [0.717, 1.165) is 57.4 Å². The Morgan fingerprint density at radius 2 is 1.40 bits per heavy atom. The lowest BCUT2D eigenvalue weighted by Gasteiger charge is -2.49. The fourth-order valence-corrected chi connectivity index (χ4v) is 7.97. The molecule has 3 aromatic rings. The maximum Gasteiger partial charge on any atom is 0.180 e. The number of allylic oxidation sites excluding steroid dienone is 4. The standard InChI is InChI=1S/C40H43BrClNO4/c1-6-46-34-19-27(18-29(42)38(34)47-24-26-12-14-28(41)15-13-26)35-36-30(20-39(2,3)22-32(36)44)43(17-16-25-10-8-7-9-11-25)31-21-40(4,5)23-33(45)37(31)35/h7-15,18-19,35H,6,16-17,20-24H2,1-5H3. The van der Waals surface area contributed by atoms with Gasteiger partial charge >= 0.3 is 0 Å². The molecule has 0 spiro atoms. The normalized spacial score (nSPS) is 19.1. The first-order chi connectivity index (χ1) is 22.4. The van der Waals surface area contributed by atoms with Crippen molar-refractivity contribution in [1.29, 1.82) is 0 Å². The summed E-state index contributed by atoms with van der Waals surface area (Å²) in [6, 6.07) is 22.2. The molecule has 0 unspecified atom stereocenters. The molecule has 0 bridgehead atoms. The quantitative estimate of drug-likeness (QED) is 0.221. The molecule has 1 heterocycles. The molecule has 0 amide bonds. The van der Waals surface area contributed by atoms with Crippen LogP contribution in [0.3, 0.4) is 0 Å². The Labute approximate surface area is 292 Å². The molecule has 1 aliphatic heterocycles. The Morgan fingerprint density at radius 3 is 1.98 bits per heavy atom. The van der Waals surface area contributed by atoms with E-state index < -0.39 is 5.92 Å². The summed E-state index contributed by atoms with van der Waals surface area (Å²) < 4.78 is 13.4. The number of ketones is 2. The number of carbonyl (C=O) groups is 2. The lowest BCUT2D eigenvalue weighted by Crippen LogP contribution is -2.45. The van der Waals surface area contributed by atoms with Crippen LogP contribution in [0.1, 0.15) is 82.9 Å². The van der Waals surface area contributed by atoms with Crippen molar-refractivity contribution in [3.8, 4) is 11.5 Å². The van der Waals surface area contributed by atoms with E-state index in [1.807, 2.05) is 49.4 Å². The van der Waals surface area contributed by atoms with Gasteiger partial charge in [0, 0.05) is 52.3 Å². The predicted molar refractivity (Wildman–Crippen MR) is 191 cm³/mol. The third-order valence-corrected chi connectivity index (χ3v) is 10.3. The van der Waals surface area contributed by atoms with Gasteiger partial charge in [-0.25, -0.2) is 0 Å². The fourth-order valence-electron chi connectivity index (χ4n) is 7.43. The number of hydrogen-bond donors (Lipinski definition) is 0. The highest BCUT2D eigenvalue weighted by Crippen LogP contribution is 2.55. The van der Waals surface area contributed by atoms with Crippen LogP contribution in [0, 0.1) is 10.8 Å². The topological polar surface area (TPSA) is 55.8 Å². The highest BCUT2D eigenvalue weighted by atomic mass is 79.9. The van der Waals surface area contributed by atoms with Crippen molar-refractivity contribution in [1.82, 2.24) is 4.90 Å². The molecule has 0 atom stereocenters. The summed E-state index contributed by atoms with van der Waals surface area (Å²) >= 11 is 10.5. The molecule has 0 aromatic heterocycles. The van der Waals surface area contributed by atoms with Gasteiger partial charge < -0.3 is 14.4 Å². The van der Waals surface area contributed by atoms with Gasteiger partial charge in [-0.15, -0.1) is 0 Å². The van der Waals surface area contributed by atoms with Crippen molar-refractivity contribution in [3.05, 3.63) is 115 Å². The molecule has 3 aromatic carbocycles. The SMILES string of the molecule is CCOc1cc(C2C3=C(CC(C)(C)CC3=O)N(CCc3ccccc3)C3=C2C(=O)CC(C)(C)C3)cc(Cl)c1OCc1ccc(Br)cc1. The number of carbonyl (C=O) groups excluding carboxylic acids is 2. The van der Waals surface area contributed by atoms with Crippen LogP contribution in [0.15, 0.2) is 93.7 Å². The first-order valence-corrected chi connectivity index (χ1v) is 17.7. The van der Waals surface area contributed by atoms with Gasteiger partial charge in [0.15, 0.2) is 23.1 Å². The van der Waals surface area contributed by atoms with E-state index in [0.29, 0.717) is 49.1 Å². The highest BCUT2D eigenvalue weighted by Gasteiger charge is 2.49. The van der Waals surface area contributed by atoms with Gasteiger partial charge in [-0.2, -0.15) is 0 Å². The zero-order chi connectivity index (χ0) is 33.5. The van der Waals surface area contributed by atoms with E-state index in [1.165, 1.54) is 5.56 Å². The fraction of sp³-hybridized carbons (Fsp3) is 0.400. The van der Waals surface area contributed by atoms with Crippen molar-refractivity contribution < 1.29 is 19.1 Å². The van der Waals surface area contributed by atoms with Crippen LogP contribution in [0.25, 0.3) is 0 Å². The number of benzene rings is 3. The molecule has 246 valence electrons. The summed E-state index contributed by atoms with van der Waals surface area (Å²) in [5.41, 5.74) is 6.16. The van der Waals surface area contributed by atoms with Crippen molar-refractivity contribution in [2.24, 2.45) is 10.8 Å². The lowest BCUT2D eigenvalue weighted by atomic mass is 9.63. The highest BCUT2D eigenvalue weighted by molar-refractivity contribution is 9.10. The third-order valence-electron chi connectivity index (χ3n) is 9.45. The van der Waals surface area contributed by atoms with Crippen LogP contribution in [0.4, 0.5) is 0 Å². The van der Waals surface area contributed by atoms with E-state index in [1.54, 1.807) is 0 Å². The zero-order valence-corrected chi connectivity index (χ0v) is 30.3. The van der Waals surface area contributed by atoms with Gasteiger partial charge in [0.05, 0.1) is 11.6 Å². The molecule has 2 aliphatic carbocycles. The van der Waals surface area contributed by atoms with E-state index in [4.69, 9.17) is 21.1 Å². The van der Waals surface area contributed by atoms with Gasteiger partial charge in [-0.05, 0) is 78.0 Å². The number of hydrogen-bond acceptors (Lipinski definition) is 5. The average Bonchev–Trinajstić information content (AvgIpc) is 2.99. The Morgan fingerprint density at radius 1 is 0.809 bits per heavy atom. The Balaban J connectivity index is 1.48. The summed E-state index contributed by atoms with van der Waals surface area (Å²) in [4.78, 5) is 30.9. The minimum Gasteiger partial charge on any atom is -0.490 e. The summed E-state index contributed by atoms with van der Waals surface area (Å²) in [5, 5.41) is 0.394. The number of rotatable bonds is 9. The molecule has 0 fully saturated rings. The first kappa shape index (κ1) is 33.5. The number of Topliss-reactive ketones (excluding diaryl/α,β-unsaturated/α-hetero) is 2. The lowest BCUT2D eigenvalue weighted by molar-refractivity contribution is -0.119. The van der Waals surface area contributed by atoms with Crippen molar-refractivity contribution in [3.63, 3.8) is 0 Å². The Kier molecular flexibility index (Phi) is 9.48. The third kappa shape index (κ3) is 7.10. The molecule has 0 N–H and O–H groups in total. The van der Waals surface area contributed by atoms with Gasteiger partial charge in [0.25, 0.3) is 0 Å². The minimum atomic E-state index is -0.516. The van der Waals surface area contributed by atoms with E-state index >= 15 is 0 Å².